The van der Waals surface area contributed by atoms with Gasteiger partial charge >= 0.3 is 5.97 Å². The molecule has 0 amide bonds. The molecular formula is C19H20BrNO3. The van der Waals surface area contributed by atoms with E-state index in [4.69, 9.17) is 4.42 Å². The second-order valence-electron chi connectivity index (χ2n) is 7.00. The van der Waals surface area contributed by atoms with Crippen LogP contribution in [0.25, 0.3) is 11.3 Å². The van der Waals surface area contributed by atoms with Crippen LogP contribution in [0, 0.1) is 11.3 Å². The molecule has 0 radical (unpaired) electrons. The molecule has 2 atom stereocenters. The fraction of sp³-hybridized carbons (Fsp3) is 0.421. The van der Waals surface area contributed by atoms with E-state index < -0.39 is 11.4 Å². The van der Waals surface area contributed by atoms with Crippen LogP contribution >= 0.6 is 15.9 Å². The van der Waals surface area contributed by atoms with Crippen LogP contribution in [0.3, 0.4) is 0 Å². The van der Waals surface area contributed by atoms with Gasteiger partial charge in [0.2, 0.25) is 0 Å². The largest absolute Gasteiger partial charge is 0.481 e. The van der Waals surface area contributed by atoms with Crippen molar-refractivity contribution in [3.8, 4) is 11.3 Å². The minimum absolute atomic E-state index is 0.287. The Kier molecular flexibility index (Phi) is 4.01. The van der Waals surface area contributed by atoms with Crippen LogP contribution in [0.2, 0.25) is 0 Å². The summed E-state index contributed by atoms with van der Waals surface area (Å²) in [5.74, 6) is 1.40. The van der Waals surface area contributed by atoms with Crippen molar-refractivity contribution in [2.75, 3.05) is 13.1 Å². The molecule has 4 rings (SSSR count). The summed E-state index contributed by atoms with van der Waals surface area (Å²) < 4.78 is 7.01. The lowest BCUT2D eigenvalue weighted by molar-refractivity contribution is -0.149. The maximum atomic E-state index is 11.8. The molecule has 4 nitrogen and oxygen atoms in total. The fourth-order valence-corrected chi connectivity index (χ4v) is 4.74. The van der Waals surface area contributed by atoms with Crippen LogP contribution in [-0.2, 0) is 11.3 Å². The number of carboxylic acids is 1. The zero-order valence-electron chi connectivity index (χ0n) is 13.4. The van der Waals surface area contributed by atoms with Gasteiger partial charge in [-0.3, -0.25) is 9.69 Å². The molecule has 1 saturated carbocycles. The number of likely N-dealkylation sites (tertiary alicyclic amines) is 1. The van der Waals surface area contributed by atoms with Crippen LogP contribution < -0.4 is 0 Å². The molecule has 2 aromatic rings. The van der Waals surface area contributed by atoms with Gasteiger partial charge in [-0.15, -0.1) is 0 Å². The Bertz CT molecular complexity index is 771. The van der Waals surface area contributed by atoms with Gasteiger partial charge in [0, 0.05) is 23.1 Å². The first-order valence-electron chi connectivity index (χ1n) is 8.37. The number of hydrogen-bond donors (Lipinski definition) is 1. The molecular weight excluding hydrogens is 370 g/mol. The van der Waals surface area contributed by atoms with Gasteiger partial charge in [-0.25, -0.2) is 0 Å². The van der Waals surface area contributed by atoms with Crippen molar-refractivity contribution < 1.29 is 14.3 Å². The normalized spacial score (nSPS) is 26.6. The number of nitrogens with zero attached hydrogens (tertiary/aromatic N) is 1. The Morgan fingerprint density at radius 2 is 2.25 bits per heavy atom. The second-order valence-corrected chi connectivity index (χ2v) is 7.91. The highest BCUT2D eigenvalue weighted by Crippen LogP contribution is 2.49. The molecule has 1 aromatic heterocycles. The van der Waals surface area contributed by atoms with Crippen molar-refractivity contribution in [2.24, 2.45) is 11.3 Å². The van der Waals surface area contributed by atoms with E-state index in [-0.39, 0.29) is 5.92 Å². The molecule has 2 heterocycles. The van der Waals surface area contributed by atoms with Gasteiger partial charge in [-0.05, 0) is 43.0 Å². The first kappa shape index (κ1) is 15.9. The highest BCUT2D eigenvalue weighted by atomic mass is 79.9. The summed E-state index contributed by atoms with van der Waals surface area (Å²) in [6, 6.07) is 12.0. The predicted octanol–water partition coefficient (Wildman–Crippen LogP) is 4.40. The van der Waals surface area contributed by atoms with E-state index in [1.165, 1.54) is 0 Å². The zero-order valence-corrected chi connectivity index (χ0v) is 15.0. The number of hydrogen-bond acceptors (Lipinski definition) is 3. The smallest absolute Gasteiger partial charge is 0.311 e. The van der Waals surface area contributed by atoms with Crippen LogP contribution in [0.15, 0.2) is 45.3 Å². The molecule has 1 aliphatic heterocycles. The SMILES string of the molecule is O=C(O)[C@@]12CCC[C@H]1CN(Cc1ccc(-c3cccc(Br)c3)o1)C2. The quantitative estimate of drug-likeness (QED) is 0.841. The van der Waals surface area contributed by atoms with Gasteiger partial charge in [0.15, 0.2) is 0 Å². The lowest BCUT2D eigenvalue weighted by Gasteiger charge is -2.23. The van der Waals surface area contributed by atoms with Gasteiger partial charge in [0.25, 0.3) is 0 Å². The van der Waals surface area contributed by atoms with Gasteiger partial charge in [-0.2, -0.15) is 0 Å². The third-order valence-corrected chi connectivity index (χ3v) is 6.01. The lowest BCUT2D eigenvalue weighted by Crippen LogP contribution is -2.35. The average Bonchev–Trinajstić information content (AvgIpc) is 3.21. The third-order valence-electron chi connectivity index (χ3n) is 5.52. The van der Waals surface area contributed by atoms with Crippen LogP contribution in [0.5, 0.6) is 0 Å². The number of carbonyl (C=O) groups is 1. The Balaban J connectivity index is 1.48. The third kappa shape index (κ3) is 2.70. The highest BCUT2D eigenvalue weighted by molar-refractivity contribution is 9.10. The first-order valence-corrected chi connectivity index (χ1v) is 9.16. The molecule has 126 valence electrons. The number of halogens is 1. The van der Waals surface area contributed by atoms with Crippen LogP contribution in [0.1, 0.15) is 25.0 Å². The van der Waals surface area contributed by atoms with Crippen molar-refractivity contribution in [3.63, 3.8) is 0 Å². The topological polar surface area (TPSA) is 53.7 Å². The van der Waals surface area contributed by atoms with Crippen molar-refractivity contribution in [2.45, 2.75) is 25.8 Å². The molecule has 1 aliphatic carbocycles. The molecule has 2 fully saturated rings. The molecule has 0 spiro atoms. The van der Waals surface area contributed by atoms with Crippen molar-refractivity contribution in [1.29, 1.82) is 0 Å². The van der Waals surface area contributed by atoms with Crippen LogP contribution in [0.4, 0.5) is 0 Å². The molecule has 1 saturated heterocycles. The van der Waals surface area contributed by atoms with E-state index in [0.29, 0.717) is 13.1 Å². The summed E-state index contributed by atoms with van der Waals surface area (Å²) in [5.41, 5.74) is 0.510. The molecule has 2 aliphatic rings. The summed E-state index contributed by atoms with van der Waals surface area (Å²) in [7, 11) is 0. The standard InChI is InChI=1S/C19H20BrNO3/c20-15-5-1-3-13(9-15)17-7-6-16(24-17)11-21-10-14-4-2-8-19(14,12-21)18(22)23/h1,3,5-7,9,14H,2,4,8,10-12H2,(H,22,23)/t14-,19+/m0/s1. The van der Waals surface area contributed by atoms with Gasteiger partial charge < -0.3 is 9.52 Å². The van der Waals surface area contributed by atoms with Crippen molar-refractivity contribution >= 4 is 21.9 Å². The number of aliphatic carboxylic acids is 1. The Morgan fingerprint density at radius 1 is 1.38 bits per heavy atom. The van der Waals surface area contributed by atoms with E-state index in [0.717, 1.165) is 47.4 Å². The molecule has 24 heavy (non-hydrogen) atoms. The number of carboxylic acid groups (broad SMARTS) is 1. The number of rotatable bonds is 4. The van der Waals surface area contributed by atoms with Gasteiger partial charge in [0.05, 0.1) is 12.0 Å². The summed E-state index contributed by atoms with van der Waals surface area (Å²) in [6.07, 6.45) is 2.88. The van der Waals surface area contributed by atoms with Gasteiger partial charge in [-0.1, -0.05) is 34.5 Å². The Hall–Kier alpha value is -1.59. The van der Waals surface area contributed by atoms with Crippen molar-refractivity contribution in [3.05, 3.63) is 46.6 Å². The molecule has 5 heteroatoms. The first-order chi connectivity index (χ1) is 11.6. The molecule has 0 unspecified atom stereocenters. The predicted molar refractivity (Wildman–Crippen MR) is 94.5 cm³/mol. The highest BCUT2D eigenvalue weighted by Gasteiger charge is 2.54. The second kappa shape index (κ2) is 6.05. The summed E-state index contributed by atoms with van der Waals surface area (Å²) in [6.45, 7) is 2.18. The molecule has 1 aromatic carbocycles. The summed E-state index contributed by atoms with van der Waals surface area (Å²) >= 11 is 3.48. The van der Waals surface area contributed by atoms with Crippen molar-refractivity contribution in [1.82, 2.24) is 4.90 Å². The fourth-order valence-electron chi connectivity index (χ4n) is 4.34. The summed E-state index contributed by atoms with van der Waals surface area (Å²) in [4.78, 5) is 14.0. The zero-order chi connectivity index (χ0) is 16.7. The van der Waals surface area contributed by atoms with Gasteiger partial charge in [0.1, 0.15) is 11.5 Å². The molecule has 0 bridgehead atoms. The van der Waals surface area contributed by atoms with Crippen LogP contribution in [-0.4, -0.2) is 29.1 Å². The minimum atomic E-state index is -0.623. The monoisotopic (exact) mass is 389 g/mol. The van der Waals surface area contributed by atoms with E-state index in [2.05, 4.69) is 20.8 Å². The van der Waals surface area contributed by atoms with E-state index in [1.54, 1.807) is 0 Å². The maximum Gasteiger partial charge on any atom is 0.311 e. The number of furan rings is 1. The van der Waals surface area contributed by atoms with E-state index >= 15 is 0 Å². The molecule has 1 N–H and O–H groups in total. The van der Waals surface area contributed by atoms with E-state index in [9.17, 15) is 9.90 Å². The van der Waals surface area contributed by atoms with E-state index in [1.807, 2.05) is 36.4 Å². The number of fused-ring (bicyclic) bond motifs is 1. The Morgan fingerprint density at radius 3 is 3.00 bits per heavy atom. The summed E-state index contributed by atoms with van der Waals surface area (Å²) in [5, 5.41) is 9.68. The average molecular weight is 390 g/mol. The Labute approximate surface area is 149 Å². The number of benzene rings is 1. The maximum absolute atomic E-state index is 11.8. The lowest BCUT2D eigenvalue weighted by atomic mass is 9.81. The minimum Gasteiger partial charge on any atom is -0.481 e.